The van der Waals surface area contributed by atoms with Gasteiger partial charge in [0.05, 0.1) is 0 Å². The molecule has 0 aromatic heterocycles. The monoisotopic (exact) mass is 468 g/mol. The summed E-state index contributed by atoms with van der Waals surface area (Å²) in [6, 6.07) is 34.2. The first-order chi connectivity index (χ1) is 16.6. The van der Waals surface area contributed by atoms with Crippen molar-refractivity contribution >= 4 is 35.0 Å². The largest absolute Gasteiger partial charge is 0.378 e. The Hall–Kier alpha value is -3.90. The fourth-order valence-corrected chi connectivity index (χ4v) is 4.22. The van der Waals surface area contributed by atoms with Crippen molar-refractivity contribution < 1.29 is 4.79 Å². The Bertz CT molecular complexity index is 1210. The summed E-state index contributed by atoms with van der Waals surface area (Å²) in [7, 11) is 4.01. The summed E-state index contributed by atoms with van der Waals surface area (Å²) in [4.78, 5) is 15.5. The molecule has 0 aliphatic heterocycles. The zero-order valence-corrected chi connectivity index (χ0v) is 20.1. The number of benzene rings is 4. The van der Waals surface area contributed by atoms with Gasteiger partial charge in [0.2, 0.25) is 0 Å². The molecule has 0 saturated carbocycles. The van der Waals surface area contributed by atoms with Crippen LogP contribution in [-0.2, 0) is 6.54 Å². The Kier molecular flexibility index (Phi) is 7.73. The van der Waals surface area contributed by atoms with Crippen molar-refractivity contribution in [1.82, 2.24) is 5.32 Å². The van der Waals surface area contributed by atoms with Crippen molar-refractivity contribution in [3.05, 3.63) is 109 Å². The van der Waals surface area contributed by atoms with Gasteiger partial charge in [-0.1, -0.05) is 60.7 Å². The molecule has 0 unspecified atom stereocenters. The summed E-state index contributed by atoms with van der Waals surface area (Å²) in [5.74, 6) is 0. The van der Waals surface area contributed by atoms with E-state index in [1.165, 1.54) is 11.1 Å². The van der Waals surface area contributed by atoms with Crippen LogP contribution in [0.1, 0.15) is 5.56 Å². The Balaban J connectivity index is 1.29. The Morgan fingerprint density at radius 3 is 2.12 bits per heavy atom. The van der Waals surface area contributed by atoms with Gasteiger partial charge < -0.3 is 20.3 Å². The molecule has 0 heterocycles. The van der Waals surface area contributed by atoms with Crippen LogP contribution in [-0.4, -0.2) is 20.1 Å². The lowest BCUT2D eigenvalue weighted by Gasteiger charge is -2.13. The molecular weight excluding hydrogens is 440 g/mol. The molecule has 0 atom stereocenters. The van der Waals surface area contributed by atoms with Gasteiger partial charge in [-0.3, -0.25) is 0 Å². The zero-order valence-electron chi connectivity index (χ0n) is 19.3. The van der Waals surface area contributed by atoms with E-state index in [1.807, 2.05) is 91.8 Å². The first-order valence-corrected chi connectivity index (χ1v) is 11.9. The summed E-state index contributed by atoms with van der Waals surface area (Å²) in [6.45, 7) is 0.469. The van der Waals surface area contributed by atoms with E-state index in [0.717, 1.165) is 27.5 Å². The van der Waals surface area contributed by atoms with E-state index in [1.54, 1.807) is 11.9 Å². The average Bonchev–Trinajstić information content (AvgIpc) is 2.88. The van der Waals surface area contributed by atoms with Crippen LogP contribution in [0.25, 0.3) is 11.1 Å². The lowest BCUT2D eigenvalue weighted by Crippen LogP contribution is -2.28. The van der Waals surface area contributed by atoms with Gasteiger partial charge >= 0.3 is 6.03 Å². The fourth-order valence-electron chi connectivity index (χ4n) is 3.42. The van der Waals surface area contributed by atoms with Crippen molar-refractivity contribution in [2.75, 3.05) is 29.0 Å². The summed E-state index contributed by atoms with van der Waals surface area (Å²) < 4.78 is 3.40. The number of urea groups is 1. The number of amides is 2. The molecule has 172 valence electrons. The van der Waals surface area contributed by atoms with Crippen molar-refractivity contribution in [2.45, 2.75) is 11.4 Å². The second-order valence-corrected chi connectivity index (χ2v) is 8.86. The first kappa shape index (κ1) is 23.3. The van der Waals surface area contributed by atoms with E-state index in [4.69, 9.17) is 0 Å². The lowest BCUT2D eigenvalue weighted by molar-refractivity contribution is 0.251. The van der Waals surface area contributed by atoms with E-state index < -0.39 is 0 Å². The van der Waals surface area contributed by atoms with Gasteiger partial charge in [-0.05, 0) is 71.1 Å². The summed E-state index contributed by atoms with van der Waals surface area (Å²) in [5.41, 5.74) is 6.25. The van der Waals surface area contributed by atoms with Gasteiger partial charge in [0, 0.05) is 42.6 Å². The molecular formula is C28H28N4OS. The molecule has 0 spiro atoms. The maximum absolute atomic E-state index is 12.3. The quantitative estimate of drug-likeness (QED) is 0.247. The number of nitrogens with zero attached hydrogens (tertiary/aromatic N) is 1. The van der Waals surface area contributed by atoms with Crippen LogP contribution < -0.4 is 20.3 Å². The maximum atomic E-state index is 12.3. The highest BCUT2D eigenvalue weighted by molar-refractivity contribution is 8.00. The van der Waals surface area contributed by atoms with Crippen LogP contribution in [0.3, 0.4) is 0 Å². The highest BCUT2D eigenvalue weighted by Gasteiger charge is 2.06. The molecule has 4 aromatic carbocycles. The van der Waals surface area contributed by atoms with Crippen molar-refractivity contribution in [3.8, 4) is 11.1 Å². The van der Waals surface area contributed by atoms with Gasteiger partial charge in [0.15, 0.2) is 0 Å². The number of hydrogen-bond donors (Lipinski definition) is 3. The molecule has 34 heavy (non-hydrogen) atoms. The molecule has 0 radical (unpaired) electrons. The SMILES string of the molecule is CN(C)c1ccc(CNC(=O)Nc2ccc(NSc3ccccc3-c3ccccc3)cc2)cc1. The van der Waals surface area contributed by atoms with E-state index in [9.17, 15) is 4.79 Å². The van der Waals surface area contributed by atoms with E-state index in [2.05, 4.69) is 45.7 Å². The third kappa shape index (κ3) is 6.33. The molecule has 0 saturated heterocycles. The number of hydrogen-bond acceptors (Lipinski definition) is 4. The number of carbonyl (C=O) groups excluding carboxylic acids is 1. The van der Waals surface area contributed by atoms with Crippen molar-refractivity contribution in [1.29, 1.82) is 0 Å². The highest BCUT2D eigenvalue weighted by Crippen LogP contribution is 2.32. The minimum Gasteiger partial charge on any atom is -0.378 e. The molecule has 6 heteroatoms. The molecule has 4 rings (SSSR count). The first-order valence-electron chi connectivity index (χ1n) is 11.1. The van der Waals surface area contributed by atoms with Gasteiger partial charge in [0.25, 0.3) is 0 Å². The predicted octanol–water partition coefficient (Wildman–Crippen LogP) is 6.86. The predicted molar refractivity (Wildman–Crippen MR) is 144 cm³/mol. The normalized spacial score (nSPS) is 10.4. The standard InChI is InChI=1S/C28H28N4OS/c1-32(2)25-18-12-21(13-19-25)20-29-28(33)30-23-14-16-24(17-15-23)31-34-27-11-7-6-10-26(27)22-8-4-3-5-9-22/h3-19,31H,20H2,1-2H3,(H2,29,30,33). The molecule has 0 aliphatic carbocycles. The number of carbonyl (C=O) groups is 1. The topological polar surface area (TPSA) is 56.4 Å². The van der Waals surface area contributed by atoms with Gasteiger partial charge in [-0.25, -0.2) is 4.79 Å². The fraction of sp³-hybridized carbons (Fsp3) is 0.107. The van der Waals surface area contributed by atoms with E-state index in [0.29, 0.717) is 6.54 Å². The van der Waals surface area contributed by atoms with Crippen LogP contribution in [0.15, 0.2) is 108 Å². The average molecular weight is 469 g/mol. The minimum atomic E-state index is -0.233. The molecule has 0 aliphatic rings. The van der Waals surface area contributed by atoms with Crippen molar-refractivity contribution in [3.63, 3.8) is 0 Å². The molecule has 4 aromatic rings. The molecule has 2 amide bonds. The maximum Gasteiger partial charge on any atom is 0.319 e. The van der Waals surface area contributed by atoms with Crippen LogP contribution >= 0.6 is 11.9 Å². The Morgan fingerprint density at radius 2 is 1.41 bits per heavy atom. The van der Waals surface area contributed by atoms with Gasteiger partial charge in [-0.2, -0.15) is 0 Å². The Labute approximate surface area is 205 Å². The Morgan fingerprint density at radius 1 is 0.765 bits per heavy atom. The van der Waals surface area contributed by atoms with Crippen LogP contribution in [0.4, 0.5) is 21.9 Å². The molecule has 0 fully saturated rings. The summed E-state index contributed by atoms with van der Waals surface area (Å²) in [6.07, 6.45) is 0. The van der Waals surface area contributed by atoms with E-state index >= 15 is 0 Å². The summed E-state index contributed by atoms with van der Waals surface area (Å²) >= 11 is 1.57. The van der Waals surface area contributed by atoms with E-state index in [-0.39, 0.29) is 6.03 Å². The number of anilines is 3. The van der Waals surface area contributed by atoms with Crippen LogP contribution in [0, 0.1) is 0 Å². The van der Waals surface area contributed by atoms with Gasteiger partial charge in [-0.15, -0.1) is 0 Å². The highest BCUT2D eigenvalue weighted by atomic mass is 32.2. The smallest absolute Gasteiger partial charge is 0.319 e. The van der Waals surface area contributed by atoms with Crippen LogP contribution in [0.5, 0.6) is 0 Å². The summed E-state index contributed by atoms with van der Waals surface area (Å²) in [5, 5.41) is 5.78. The lowest BCUT2D eigenvalue weighted by atomic mass is 10.1. The van der Waals surface area contributed by atoms with Gasteiger partial charge in [0.1, 0.15) is 0 Å². The number of nitrogens with one attached hydrogen (secondary N) is 3. The molecule has 0 bridgehead atoms. The zero-order chi connectivity index (χ0) is 23.8. The second-order valence-electron chi connectivity index (χ2n) is 8.01. The third-order valence-electron chi connectivity index (χ3n) is 5.30. The van der Waals surface area contributed by atoms with Crippen LogP contribution in [0.2, 0.25) is 0 Å². The molecule has 3 N–H and O–H groups in total. The minimum absolute atomic E-state index is 0.233. The second kappa shape index (κ2) is 11.3. The van der Waals surface area contributed by atoms with Crippen molar-refractivity contribution in [2.24, 2.45) is 0 Å². The molecule has 5 nitrogen and oxygen atoms in total. The number of rotatable bonds is 8. The third-order valence-corrected chi connectivity index (χ3v) is 6.21.